The molecule has 0 unspecified atom stereocenters. The molecule has 0 spiro atoms. The molecule has 68 valence electrons. The van der Waals surface area contributed by atoms with Gasteiger partial charge in [0.1, 0.15) is 17.2 Å². The Kier molecular flexibility index (Phi) is 2.28. The van der Waals surface area contributed by atoms with Gasteiger partial charge in [-0.3, -0.25) is 4.79 Å². The van der Waals surface area contributed by atoms with Crippen LogP contribution in [0.1, 0.15) is 15.2 Å². The second-order valence-corrected chi connectivity index (χ2v) is 4.26. The summed E-state index contributed by atoms with van der Waals surface area (Å²) < 4.78 is 0.927. The smallest absolute Gasteiger partial charge is 0.150 e. The van der Waals surface area contributed by atoms with Crippen molar-refractivity contribution in [3.63, 3.8) is 0 Å². The highest BCUT2D eigenvalue weighted by Gasteiger charge is 2.08. The van der Waals surface area contributed by atoms with E-state index in [1.807, 2.05) is 6.07 Å². The molecular formula is C10H5NOS2. The maximum atomic E-state index is 10.5. The number of thiophene rings is 1. The Balaban J connectivity index is 2.80. The average molecular weight is 219 g/mol. The zero-order chi connectivity index (χ0) is 10.1. The van der Waals surface area contributed by atoms with E-state index < -0.39 is 0 Å². The summed E-state index contributed by atoms with van der Waals surface area (Å²) in [6.07, 6.45) is 0.795. The molecule has 0 aliphatic rings. The molecule has 14 heavy (non-hydrogen) atoms. The van der Waals surface area contributed by atoms with E-state index >= 15 is 0 Å². The van der Waals surface area contributed by atoms with Crippen molar-refractivity contribution < 1.29 is 4.79 Å². The van der Waals surface area contributed by atoms with Gasteiger partial charge in [0.25, 0.3) is 0 Å². The normalized spacial score (nSPS) is 10.0. The Labute approximate surface area is 90.2 Å². The van der Waals surface area contributed by atoms with Gasteiger partial charge in [-0.05, 0) is 6.07 Å². The fraction of sp³-hybridized carbons (Fsp3) is 0. The summed E-state index contributed by atoms with van der Waals surface area (Å²) >= 11 is 5.62. The number of hydrogen-bond donors (Lipinski definition) is 1. The molecule has 2 aromatic rings. The number of fused-ring (bicyclic) bond motifs is 1. The van der Waals surface area contributed by atoms with Crippen LogP contribution in [0.4, 0.5) is 0 Å². The number of hydrogen-bond acceptors (Lipinski definition) is 4. The zero-order valence-electron chi connectivity index (χ0n) is 7.02. The SMILES string of the molecule is N#Cc1sc2cc(C=O)ccc2c1S. The fourth-order valence-corrected chi connectivity index (χ4v) is 2.65. The second kappa shape index (κ2) is 3.45. The molecule has 0 saturated heterocycles. The van der Waals surface area contributed by atoms with E-state index in [1.54, 1.807) is 12.1 Å². The molecule has 0 saturated carbocycles. The minimum absolute atomic E-state index is 0.589. The van der Waals surface area contributed by atoms with Crippen molar-refractivity contribution in [2.75, 3.05) is 0 Å². The van der Waals surface area contributed by atoms with Crippen molar-refractivity contribution in [1.29, 1.82) is 5.26 Å². The Morgan fingerprint density at radius 3 is 2.93 bits per heavy atom. The van der Waals surface area contributed by atoms with Crippen molar-refractivity contribution in [3.8, 4) is 6.07 Å². The van der Waals surface area contributed by atoms with E-state index in [1.165, 1.54) is 11.3 Å². The molecule has 0 fully saturated rings. The van der Waals surface area contributed by atoms with Gasteiger partial charge in [0.2, 0.25) is 0 Å². The van der Waals surface area contributed by atoms with Crippen LogP contribution in [0.15, 0.2) is 23.1 Å². The van der Waals surface area contributed by atoms with Crippen LogP contribution >= 0.6 is 24.0 Å². The summed E-state index contributed by atoms with van der Waals surface area (Å²) in [5, 5.41) is 9.72. The predicted octanol–water partition coefficient (Wildman–Crippen LogP) is 2.87. The average Bonchev–Trinajstić information content (AvgIpc) is 2.55. The molecule has 0 radical (unpaired) electrons. The van der Waals surface area contributed by atoms with E-state index in [9.17, 15) is 4.79 Å². The van der Waals surface area contributed by atoms with E-state index in [0.29, 0.717) is 15.3 Å². The number of benzene rings is 1. The predicted molar refractivity (Wildman–Crippen MR) is 59.2 cm³/mol. The molecule has 0 atom stereocenters. The lowest BCUT2D eigenvalue weighted by molar-refractivity contribution is 0.112. The minimum atomic E-state index is 0.589. The van der Waals surface area contributed by atoms with Crippen molar-refractivity contribution in [2.45, 2.75) is 4.90 Å². The Morgan fingerprint density at radius 2 is 2.29 bits per heavy atom. The van der Waals surface area contributed by atoms with Gasteiger partial charge in [-0.1, -0.05) is 12.1 Å². The van der Waals surface area contributed by atoms with Gasteiger partial charge in [0, 0.05) is 20.5 Å². The fourth-order valence-electron chi connectivity index (χ4n) is 1.25. The first kappa shape index (κ1) is 9.25. The summed E-state index contributed by atoms with van der Waals surface area (Å²) in [4.78, 5) is 11.8. The molecule has 0 bridgehead atoms. The minimum Gasteiger partial charge on any atom is -0.298 e. The Morgan fingerprint density at radius 1 is 1.50 bits per heavy atom. The number of rotatable bonds is 1. The van der Waals surface area contributed by atoms with Gasteiger partial charge in [-0.25, -0.2) is 0 Å². The van der Waals surface area contributed by atoms with E-state index in [4.69, 9.17) is 5.26 Å². The molecule has 4 heteroatoms. The summed E-state index contributed by atoms with van der Waals surface area (Å²) in [6, 6.07) is 7.39. The monoisotopic (exact) mass is 219 g/mol. The number of carbonyl (C=O) groups is 1. The van der Waals surface area contributed by atoms with Crippen molar-refractivity contribution in [2.24, 2.45) is 0 Å². The number of thiol groups is 1. The van der Waals surface area contributed by atoms with Crippen LogP contribution in [0.25, 0.3) is 10.1 Å². The molecule has 2 nitrogen and oxygen atoms in total. The van der Waals surface area contributed by atoms with Crippen LogP contribution in [0.2, 0.25) is 0 Å². The molecule has 0 aliphatic carbocycles. The third kappa shape index (κ3) is 1.31. The van der Waals surface area contributed by atoms with Crippen LogP contribution in [-0.2, 0) is 0 Å². The van der Waals surface area contributed by atoms with Crippen LogP contribution in [0, 0.1) is 11.3 Å². The molecule has 1 heterocycles. The van der Waals surface area contributed by atoms with Gasteiger partial charge < -0.3 is 0 Å². The van der Waals surface area contributed by atoms with E-state index in [0.717, 1.165) is 16.4 Å². The van der Waals surface area contributed by atoms with Crippen LogP contribution < -0.4 is 0 Å². The second-order valence-electron chi connectivity index (χ2n) is 2.77. The molecule has 1 aromatic heterocycles. The van der Waals surface area contributed by atoms with Gasteiger partial charge in [-0.2, -0.15) is 5.26 Å². The number of nitrogens with zero attached hydrogens (tertiary/aromatic N) is 1. The Hall–Kier alpha value is -1.31. The Bertz CT molecular complexity index is 551. The highest BCUT2D eigenvalue weighted by Crippen LogP contribution is 2.33. The van der Waals surface area contributed by atoms with Gasteiger partial charge in [-0.15, -0.1) is 24.0 Å². The van der Waals surface area contributed by atoms with Gasteiger partial charge in [0.05, 0.1) is 0 Å². The highest BCUT2D eigenvalue weighted by molar-refractivity contribution is 7.80. The summed E-state index contributed by atoms with van der Waals surface area (Å²) in [6.45, 7) is 0. The maximum absolute atomic E-state index is 10.5. The molecule has 1 aromatic carbocycles. The number of carbonyl (C=O) groups excluding carboxylic acids is 1. The summed E-state index contributed by atoms with van der Waals surface area (Å²) in [5.41, 5.74) is 0.622. The van der Waals surface area contributed by atoms with E-state index in [2.05, 4.69) is 18.7 Å². The molecule has 0 N–H and O–H groups in total. The standard InChI is InChI=1S/C10H5NOS2/c11-4-9-10(13)7-2-1-6(5-12)3-8(7)14-9/h1-3,5,13H. The summed E-state index contributed by atoms with van der Waals surface area (Å²) in [5.74, 6) is 0. The van der Waals surface area contributed by atoms with Gasteiger partial charge in [0.15, 0.2) is 0 Å². The lowest BCUT2D eigenvalue weighted by Crippen LogP contribution is -1.76. The molecular weight excluding hydrogens is 214 g/mol. The van der Waals surface area contributed by atoms with Crippen LogP contribution in [-0.4, -0.2) is 6.29 Å². The lowest BCUT2D eigenvalue weighted by atomic mass is 10.2. The quantitative estimate of drug-likeness (QED) is 0.592. The summed E-state index contributed by atoms with van der Waals surface area (Å²) in [7, 11) is 0. The largest absolute Gasteiger partial charge is 0.298 e. The van der Waals surface area contributed by atoms with Crippen LogP contribution in [0.3, 0.4) is 0 Å². The lowest BCUT2D eigenvalue weighted by Gasteiger charge is -1.91. The molecule has 0 aliphatic heterocycles. The first-order valence-electron chi connectivity index (χ1n) is 3.87. The first-order valence-corrected chi connectivity index (χ1v) is 5.13. The van der Waals surface area contributed by atoms with Crippen LogP contribution in [0.5, 0.6) is 0 Å². The number of nitriles is 1. The van der Waals surface area contributed by atoms with Crippen molar-refractivity contribution in [3.05, 3.63) is 28.6 Å². The first-order chi connectivity index (χ1) is 6.76. The number of aldehydes is 1. The third-order valence-electron chi connectivity index (χ3n) is 1.93. The maximum Gasteiger partial charge on any atom is 0.150 e. The zero-order valence-corrected chi connectivity index (χ0v) is 8.73. The highest BCUT2D eigenvalue weighted by atomic mass is 32.1. The van der Waals surface area contributed by atoms with Crippen molar-refractivity contribution >= 4 is 40.3 Å². The molecule has 0 amide bonds. The van der Waals surface area contributed by atoms with Crippen molar-refractivity contribution in [1.82, 2.24) is 0 Å². The topological polar surface area (TPSA) is 40.9 Å². The van der Waals surface area contributed by atoms with Gasteiger partial charge >= 0.3 is 0 Å². The van der Waals surface area contributed by atoms with E-state index in [-0.39, 0.29) is 0 Å². The third-order valence-corrected chi connectivity index (χ3v) is 3.60. The molecule has 2 rings (SSSR count).